The van der Waals surface area contributed by atoms with Crippen molar-refractivity contribution >= 4 is 28.3 Å². The minimum Gasteiger partial charge on any atom is -0.476 e. The van der Waals surface area contributed by atoms with Crippen LogP contribution in [-0.2, 0) is 24.2 Å². The summed E-state index contributed by atoms with van der Waals surface area (Å²) < 4.78 is 15.2. The van der Waals surface area contributed by atoms with Gasteiger partial charge in [-0.15, -0.1) is 15.3 Å². The maximum atomic E-state index is 14.1. The Morgan fingerprint density at radius 2 is 2.14 bits per heavy atom. The second-order valence-corrected chi connectivity index (χ2v) is 6.88. The number of aryl methyl sites for hydroxylation is 1. The Kier molecular flexibility index (Phi) is 6.32. The molecule has 3 aromatic rings. The molecule has 1 atom stereocenters. The molecule has 0 spiro atoms. The molecule has 3 heterocycles. The third-order valence-electron chi connectivity index (χ3n) is 3.60. The van der Waals surface area contributed by atoms with E-state index in [-0.39, 0.29) is 31.0 Å². The molecule has 146 valence electrons. The van der Waals surface area contributed by atoms with Gasteiger partial charge in [0.15, 0.2) is 5.69 Å². The Bertz CT molecular complexity index is 947. The number of aromatic carboxylic acids is 1. The number of rotatable bonds is 9. The predicted octanol–water partition coefficient (Wildman–Crippen LogP) is 1.37. The molecule has 0 fully saturated rings. The van der Waals surface area contributed by atoms with E-state index in [1.165, 1.54) is 17.5 Å². The van der Waals surface area contributed by atoms with Gasteiger partial charge >= 0.3 is 5.97 Å². The van der Waals surface area contributed by atoms with Crippen LogP contribution in [0.4, 0.5) is 9.52 Å². The molecule has 12 heteroatoms. The minimum absolute atomic E-state index is 0.104. The number of nitrogens with zero attached hydrogens (tertiary/aromatic N) is 6. The van der Waals surface area contributed by atoms with Crippen molar-refractivity contribution in [1.29, 1.82) is 0 Å². The summed E-state index contributed by atoms with van der Waals surface area (Å²) in [5, 5.41) is 27.2. The molecule has 0 saturated heterocycles. The Labute approximate surface area is 162 Å². The number of alkyl halides is 1. The van der Waals surface area contributed by atoms with Gasteiger partial charge in [0, 0.05) is 18.3 Å². The molecular weight excluding hydrogens is 389 g/mol. The molecule has 0 saturated carbocycles. The number of hydrogen-bond acceptors (Lipinski definition) is 8. The Morgan fingerprint density at radius 1 is 1.29 bits per heavy atom. The molecule has 0 aliphatic rings. The number of halogens is 1. The van der Waals surface area contributed by atoms with Crippen molar-refractivity contribution < 1.29 is 19.1 Å². The van der Waals surface area contributed by atoms with Gasteiger partial charge in [-0.25, -0.2) is 13.9 Å². The van der Waals surface area contributed by atoms with Gasteiger partial charge in [0.2, 0.25) is 11.0 Å². The number of carboxylic acids is 1. The second kappa shape index (κ2) is 9.08. The zero-order valence-electron chi connectivity index (χ0n) is 14.5. The average Bonchev–Trinajstić information content (AvgIpc) is 3.30. The van der Waals surface area contributed by atoms with Crippen LogP contribution in [0.25, 0.3) is 0 Å². The quantitative estimate of drug-likeness (QED) is 0.545. The summed E-state index contributed by atoms with van der Waals surface area (Å²) in [4.78, 5) is 26.8. The Morgan fingerprint density at radius 3 is 2.86 bits per heavy atom. The minimum atomic E-state index is -1.26. The van der Waals surface area contributed by atoms with Crippen LogP contribution in [0.15, 0.2) is 30.6 Å². The standard InChI is InChI=1S/C16H16FN7O3S/c17-10(8-24-9-12(15(26)27)20-23-24)4-5-14-21-22-16(28-14)19-13(25)7-11-3-1-2-6-18-11/h1-3,6,9-10H,4-5,7-8H2,(H,26,27)(H,19,22,25). The van der Waals surface area contributed by atoms with Gasteiger partial charge in [-0.05, 0) is 18.6 Å². The SMILES string of the molecule is O=C(Cc1ccccn1)Nc1nnc(CCC(F)Cn2cc(C(=O)O)nn2)s1. The Balaban J connectivity index is 1.44. The molecule has 10 nitrogen and oxygen atoms in total. The lowest BCUT2D eigenvalue weighted by Gasteiger charge is -2.05. The summed E-state index contributed by atoms with van der Waals surface area (Å²) in [6.45, 7) is -0.104. The van der Waals surface area contributed by atoms with Gasteiger partial charge in [-0.3, -0.25) is 9.78 Å². The monoisotopic (exact) mass is 405 g/mol. The number of carboxylic acid groups (broad SMARTS) is 1. The first-order chi connectivity index (χ1) is 13.5. The summed E-state index contributed by atoms with van der Waals surface area (Å²) in [6, 6.07) is 5.32. The van der Waals surface area contributed by atoms with E-state index in [4.69, 9.17) is 5.11 Å². The van der Waals surface area contributed by atoms with Crippen LogP contribution in [0, 0.1) is 0 Å². The number of amides is 1. The van der Waals surface area contributed by atoms with Crippen molar-refractivity contribution in [3.05, 3.63) is 47.0 Å². The molecule has 1 unspecified atom stereocenters. The predicted molar refractivity (Wildman–Crippen MR) is 96.7 cm³/mol. The van der Waals surface area contributed by atoms with E-state index in [1.54, 1.807) is 24.4 Å². The molecule has 0 bridgehead atoms. The van der Waals surface area contributed by atoms with Crippen LogP contribution in [0.5, 0.6) is 0 Å². The lowest BCUT2D eigenvalue weighted by Crippen LogP contribution is -2.14. The fraction of sp³-hybridized carbons (Fsp3) is 0.312. The van der Waals surface area contributed by atoms with Crippen LogP contribution in [0.2, 0.25) is 0 Å². The van der Waals surface area contributed by atoms with Gasteiger partial charge in [0.25, 0.3) is 0 Å². The fourth-order valence-corrected chi connectivity index (χ4v) is 3.07. The maximum Gasteiger partial charge on any atom is 0.358 e. The van der Waals surface area contributed by atoms with Crippen molar-refractivity contribution in [2.45, 2.75) is 32.0 Å². The summed E-state index contributed by atoms with van der Waals surface area (Å²) in [5.74, 6) is -1.47. The zero-order chi connectivity index (χ0) is 19.9. The summed E-state index contributed by atoms with van der Waals surface area (Å²) in [5.41, 5.74) is 0.409. The topological polar surface area (TPSA) is 136 Å². The van der Waals surface area contributed by atoms with E-state index < -0.39 is 12.1 Å². The zero-order valence-corrected chi connectivity index (χ0v) is 15.3. The van der Waals surface area contributed by atoms with Crippen molar-refractivity contribution in [2.24, 2.45) is 0 Å². The van der Waals surface area contributed by atoms with Crippen molar-refractivity contribution in [3.8, 4) is 0 Å². The fourth-order valence-electron chi connectivity index (χ4n) is 2.30. The van der Waals surface area contributed by atoms with E-state index in [1.807, 2.05) is 0 Å². The van der Waals surface area contributed by atoms with E-state index in [0.717, 1.165) is 4.68 Å². The van der Waals surface area contributed by atoms with Gasteiger partial charge in [0.1, 0.15) is 11.2 Å². The van der Waals surface area contributed by atoms with Gasteiger partial charge < -0.3 is 10.4 Å². The second-order valence-electron chi connectivity index (χ2n) is 5.81. The molecule has 2 N–H and O–H groups in total. The largest absolute Gasteiger partial charge is 0.476 e. The molecule has 3 rings (SSSR count). The van der Waals surface area contributed by atoms with Crippen LogP contribution in [0.3, 0.4) is 0 Å². The third kappa shape index (κ3) is 5.61. The molecular formula is C16H16FN7O3S. The van der Waals surface area contributed by atoms with Gasteiger partial charge in [0.05, 0.1) is 19.2 Å². The van der Waals surface area contributed by atoms with Crippen LogP contribution >= 0.6 is 11.3 Å². The Hall–Kier alpha value is -3.28. The molecule has 1 amide bonds. The highest BCUT2D eigenvalue weighted by Gasteiger charge is 2.15. The molecule has 0 aliphatic carbocycles. The van der Waals surface area contributed by atoms with Crippen LogP contribution in [0.1, 0.15) is 27.6 Å². The average molecular weight is 405 g/mol. The van der Waals surface area contributed by atoms with Crippen molar-refractivity contribution in [2.75, 3.05) is 5.32 Å². The third-order valence-corrected chi connectivity index (χ3v) is 4.49. The number of aromatic nitrogens is 6. The first-order valence-electron chi connectivity index (χ1n) is 8.29. The lowest BCUT2D eigenvalue weighted by atomic mass is 10.2. The summed E-state index contributed by atoms with van der Waals surface area (Å²) in [6.07, 6.45) is 2.14. The van der Waals surface area contributed by atoms with Crippen molar-refractivity contribution in [1.82, 2.24) is 30.2 Å². The highest BCUT2D eigenvalue weighted by molar-refractivity contribution is 7.15. The van der Waals surface area contributed by atoms with Gasteiger partial charge in [-0.1, -0.05) is 22.6 Å². The van der Waals surface area contributed by atoms with Crippen LogP contribution < -0.4 is 5.32 Å². The first-order valence-corrected chi connectivity index (χ1v) is 9.11. The molecule has 3 aromatic heterocycles. The molecule has 28 heavy (non-hydrogen) atoms. The summed E-state index contributed by atoms with van der Waals surface area (Å²) in [7, 11) is 0. The van der Waals surface area contributed by atoms with E-state index >= 15 is 0 Å². The number of carbonyl (C=O) groups is 2. The highest BCUT2D eigenvalue weighted by atomic mass is 32.1. The number of pyridine rings is 1. The van der Waals surface area contributed by atoms with E-state index in [2.05, 4.69) is 30.8 Å². The lowest BCUT2D eigenvalue weighted by molar-refractivity contribution is -0.115. The van der Waals surface area contributed by atoms with E-state index in [0.29, 0.717) is 22.3 Å². The van der Waals surface area contributed by atoms with Crippen LogP contribution in [-0.4, -0.2) is 53.3 Å². The molecule has 0 aromatic carbocycles. The number of anilines is 1. The summed E-state index contributed by atoms with van der Waals surface area (Å²) >= 11 is 1.17. The first kappa shape index (κ1) is 19.5. The van der Waals surface area contributed by atoms with Gasteiger partial charge in [-0.2, -0.15) is 0 Å². The number of nitrogens with one attached hydrogen (secondary N) is 1. The highest BCUT2D eigenvalue weighted by Crippen LogP contribution is 2.18. The van der Waals surface area contributed by atoms with E-state index in [9.17, 15) is 14.0 Å². The molecule has 0 aliphatic heterocycles. The normalized spacial score (nSPS) is 11.9. The smallest absolute Gasteiger partial charge is 0.358 e. The molecule has 0 radical (unpaired) electrons. The van der Waals surface area contributed by atoms with Crippen molar-refractivity contribution in [3.63, 3.8) is 0 Å². The maximum absolute atomic E-state index is 14.1. The number of carbonyl (C=O) groups excluding carboxylic acids is 1. The number of hydrogen-bond donors (Lipinski definition) is 2.